The predicted molar refractivity (Wildman–Crippen MR) is 72.7 cm³/mol. The van der Waals surface area contributed by atoms with Crippen LogP contribution >= 0.6 is 0 Å². The molecular formula is C13H13F3O2SSe. The molecule has 0 unspecified atom stereocenters. The van der Waals surface area contributed by atoms with Crippen molar-refractivity contribution in [2.45, 2.75) is 28.4 Å². The van der Waals surface area contributed by atoms with Gasteiger partial charge in [-0.25, -0.2) is 0 Å². The zero-order valence-electron chi connectivity index (χ0n) is 10.4. The van der Waals surface area contributed by atoms with Gasteiger partial charge in [0.2, 0.25) is 0 Å². The van der Waals surface area contributed by atoms with Crippen molar-refractivity contribution in [1.82, 2.24) is 0 Å². The Kier molecular flexibility index (Phi) is 4.62. The van der Waals surface area contributed by atoms with Gasteiger partial charge >= 0.3 is 122 Å². The first kappa shape index (κ1) is 15.6. The van der Waals surface area contributed by atoms with E-state index in [1.54, 1.807) is 0 Å². The van der Waals surface area contributed by atoms with Crippen molar-refractivity contribution < 1.29 is 21.6 Å². The van der Waals surface area contributed by atoms with Gasteiger partial charge in [0.05, 0.1) is 0 Å². The Labute approximate surface area is 122 Å². The third kappa shape index (κ3) is 3.27. The minimum absolute atomic E-state index is 0.297. The number of allylic oxidation sites excluding steroid dienone is 1. The summed E-state index contributed by atoms with van der Waals surface area (Å²) in [6.07, 6.45) is 3.85. The Balaban J connectivity index is 2.26. The average molecular weight is 369 g/mol. The SMILES string of the molecule is O=S(=O)([C@@H]1C=CCC[C@H]1[Se]c1ccccc1)C(F)(F)F. The Morgan fingerprint density at radius 3 is 2.40 bits per heavy atom. The van der Waals surface area contributed by atoms with Crippen molar-refractivity contribution in [1.29, 1.82) is 0 Å². The topological polar surface area (TPSA) is 34.1 Å². The molecule has 1 aromatic carbocycles. The molecule has 7 heteroatoms. The molecule has 110 valence electrons. The molecule has 0 spiro atoms. The van der Waals surface area contributed by atoms with Crippen molar-refractivity contribution >= 4 is 29.3 Å². The summed E-state index contributed by atoms with van der Waals surface area (Å²) in [4.78, 5) is -0.471. The van der Waals surface area contributed by atoms with E-state index in [0.29, 0.717) is 12.8 Å². The van der Waals surface area contributed by atoms with E-state index in [9.17, 15) is 21.6 Å². The molecule has 0 amide bonds. The number of sulfone groups is 1. The van der Waals surface area contributed by atoms with E-state index in [4.69, 9.17) is 0 Å². The van der Waals surface area contributed by atoms with Gasteiger partial charge < -0.3 is 0 Å². The summed E-state index contributed by atoms with van der Waals surface area (Å²) < 4.78 is 62.3. The van der Waals surface area contributed by atoms with Gasteiger partial charge in [-0.15, -0.1) is 0 Å². The van der Waals surface area contributed by atoms with Crippen LogP contribution in [-0.4, -0.2) is 34.1 Å². The quantitative estimate of drug-likeness (QED) is 0.606. The molecule has 1 aromatic rings. The first-order chi connectivity index (χ1) is 9.32. The zero-order chi connectivity index (χ0) is 14.8. The van der Waals surface area contributed by atoms with E-state index >= 15 is 0 Å². The summed E-state index contributed by atoms with van der Waals surface area (Å²) in [6.45, 7) is 0. The summed E-state index contributed by atoms with van der Waals surface area (Å²) in [7, 11) is -5.14. The van der Waals surface area contributed by atoms with Crippen LogP contribution in [0.2, 0.25) is 4.82 Å². The van der Waals surface area contributed by atoms with E-state index in [1.807, 2.05) is 30.3 Å². The van der Waals surface area contributed by atoms with E-state index in [2.05, 4.69) is 0 Å². The van der Waals surface area contributed by atoms with E-state index < -0.39 is 25.4 Å². The number of hydrogen-bond donors (Lipinski definition) is 0. The number of hydrogen-bond acceptors (Lipinski definition) is 2. The fourth-order valence-corrected chi connectivity index (χ4v) is 6.81. The van der Waals surface area contributed by atoms with Crippen molar-refractivity contribution in [3.63, 3.8) is 0 Å². The minimum atomic E-state index is -5.19. The molecule has 0 aliphatic heterocycles. The van der Waals surface area contributed by atoms with Gasteiger partial charge in [-0.3, -0.25) is 0 Å². The van der Waals surface area contributed by atoms with Gasteiger partial charge in [0.15, 0.2) is 0 Å². The zero-order valence-corrected chi connectivity index (χ0v) is 12.9. The van der Waals surface area contributed by atoms with Crippen LogP contribution in [0.15, 0.2) is 42.5 Å². The monoisotopic (exact) mass is 370 g/mol. The van der Waals surface area contributed by atoms with Crippen LogP contribution < -0.4 is 4.46 Å². The van der Waals surface area contributed by atoms with Gasteiger partial charge in [0.25, 0.3) is 0 Å². The van der Waals surface area contributed by atoms with Crippen LogP contribution in [0.4, 0.5) is 13.2 Å². The van der Waals surface area contributed by atoms with Gasteiger partial charge in [-0.05, 0) is 0 Å². The van der Waals surface area contributed by atoms with E-state index in [0.717, 1.165) is 4.46 Å². The normalized spacial score (nSPS) is 23.8. The summed E-state index contributed by atoms with van der Waals surface area (Å²) in [5.74, 6) is 0. The fraction of sp³-hybridized carbons (Fsp3) is 0.385. The number of benzene rings is 1. The molecule has 1 aliphatic carbocycles. The molecule has 0 radical (unpaired) electrons. The molecule has 0 saturated heterocycles. The molecule has 0 aromatic heterocycles. The predicted octanol–water partition coefficient (Wildman–Crippen LogP) is 2.46. The molecule has 0 bridgehead atoms. The molecule has 2 atom stereocenters. The Morgan fingerprint density at radius 1 is 1.15 bits per heavy atom. The van der Waals surface area contributed by atoms with Crippen LogP contribution in [0.25, 0.3) is 0 Å². The van der Waals surface area contributed by atoms with Crippen molar-refractivity contribution in [2.24, 2.45) is 0 Å². The molecule has 2 rings (SSSR count). The van der Waals surface area contributed by atoms with Crippen LogP contribution in [0.1, 0.15) is 12.8 Å². The Hall–Kier alpha value is -0.781. The van der Waals surface area contributed by atoms with Gasteiger partial charge in [0, 0.05) is 0 Å². The van der Waals surface area contributed by atoms with E-state index in [1.165, 1.54) is 12.2 Å². The fourth-order valence-electron chi connectivity index (χ4n) is 2.04. The third-order valence-corrected chi connectivity index (χ3v) is 8.14. The average Bonchev–Trinajstić information content (AvgIpc) is 2.39. The summed E-state index contributed by atoms with van der Waals surface area (Å²) in [5.41, 5.74) is -5.19. The van der Waals surface area contributed by atoms with Crippen LogP contribution in [0.5, 0.6) is 0 Å². The molecule has 0 N–H and O–H groups in total. The molecule has 20 heavy (non-hydrogen) atoms. The van der Waals surface area contributed by atoms with Crippen LogP contribution in [0, 0.1) is 0 Å². The van der Waals surface area contributed by atoms with Gasteiger partial charge in [-0.2, -0.15) is 0 Å². The number of halogens is 3. The number of alkyl halides is 3. The second-order valence-corrected chi connectivity index (χ2v) is 9.28. The molecule has 0 saturated carbocycles. The summed E-state index contributed by atoms with van der Waals surface area (Å²) in [5, 5.41) is -1.45. The second-order valence-electron chi connectivity index (χ2n) is 4.43. The third-order valence-electron chi connectivity index (χ3n) is 3.02. The standard InChI is InChI=1S/C13H13F3O2SSe/c14-13(15,16)19(17,18)11-8-4-5-9-12(11)20-10-6-2-1-3-7-10/h1-4,6-8,11-12H,5,9H2/t11-,12-/m1/s1. The van der Waals surface area contributed by atoms with Crippen molar-refractivity contribution in [3.8, 4) is 0 Å². The van der Waals surface area contributed by atoms with Crippen molar-refractivity contribution in [3.05, 3.63) is 42.5 Å². The molecular weight excluding hydrogens is 356 g/mol. The molecule has 0 heterocycles. The van der Waals surface area contributed by atoms with Gasteiger partial charge in [-0.1, -0.05) is 0 Å². The maximum atomic E-state index is 12.7. The second kappa shape index (κ2) is 5.92. The first-order valence-electron chi connectivity index (χ1n) is 6.01. The van der Waals surface area contributed by atoms with E-state index in [-0.39, 0.29) is 15.0 Å². The van der Waals surface area contributed by atoms with Crippen LogP contribution in [-0.2, 0) is 9.84 Å². The molecule has 0 fully saturated rings. The Morgan fingerprint density at radius 2 is 1.80 bits per heavy atom. The first-order valence-corrected chi connectivity index (χ1v) is 9.40. The van der Waals surface area contributed by atoms with Gasteiger partial charge in [0.1, 0.15) is 0 Å². The van der Waals surface area contributed by atoms with Crippen molar-refractivity contribution in [2.75, 3.05) is 0 Å². The molecule has 1 aliphatic rings. The summed E-state index contributed by atoms with van der Waals surface area (Å²) in [6, 6.07) is 9.10. The molecule has 2 nitrogen and oxygen atoms in total. The maximum absolute atomic E-state index is 12.7. The summed E-state index contributed by atoms with van der Waals surface area (Å²) >= 11 is -0.297. The Bertz CT molecular complexity index is 581. The number of rotatable bonds is 3. The van der Waals surface area contributed by atoms with Crippen LogP contribution in [0.3, 0.4) is 0 Å².